The molecule has 0 bridgehead atoms. The monoisotopic (exact) mass is 379 g/mol. The number of thioether (sulfide) groups is 1. The van der Waals surface area contributed by atoms with E-state index in [1.807, 2.05) is 0 Å². The number of aryl methyl sites for hydroxylation is 1. The van der Waals surface area contributed by atoms with Gasteiger partial charge < -0.3 is 4.98 Å². The molecule has 0 amide bonds. The van der Waals surface area contributed by atoms with E-state index in [-0.39, 0.29) is 10.9 Å². The first kappa shape index (κ1) is 17.8. The Morgan fingerprint density at radius 1 is 1.20 bits per heavy atom. The van der Waals surface area contributed by atoms with E-state index in [1.54, 1.807) is 30.0 Å². The van der Waals surface area contributed by atoms with Crippen molar-refractivity contribution in [2.24, 2.45) is 0 Å². The smallest absolute Gasteiger partial charge is 0.287 e. The van der Waals surface area contributed by atoms with Crippen LogP contribution in [0.1, 0.15) is 19.8 Å². The maximum Gasteiger partial charge on any atom is 0.287 e. The van der Waals surface area contributed by atoms with Gasteiger partial charge in [-0.2, -0.15) is 11.8 Å². The molecule has 0 radical (unpaired) electrons. The lowest BCUT2D eigenvalue weighted by Gasteiger charge is -2.08. The van der Waals surface area contributed by atoms with Gasteiger partial charge in [0.25, 0.3) is 11.1 Å². The van der Waals surface area contributed by atoms with Gasteiger partial charge in [0, 0.05) is 16.2 Å². The van der Waals surface area contributed by atoms with Crippen LogP contribution in [0.3, 0.4) is 0 Å². The van der Waals surface area contributed by atoms with E-state index < -0.39 is 16.5 Å². The fourth-order valence-corrected chi connectivity index (χ4v) is 3.84. The number of rotatable bonds is 6. The van der Waals surface area contributed by atoms with E-state index in [4.69, 9.17) is 11.6 Å². The second-order valence-electron chi connectivity index (χ2n) is 5.76. The Morgan fingerprint density at radius 3 is 2.76 bits per heavy atom. The van der Waals surface area contributed by atoms with Crippen molar-refractivity contribution >= 4 is 45.2 Å². The van der Waals surface area contributed by atoms with Crippen LogP contribution >= 0.6 is 23.4 Å². The quantitative estimate of drug-likeness (QED) is 0.509. The summed E-state index contributed by atoms with van der Waals surface area (Å²) in [6.45, 7) is 2.48. The molecule has 0 aliphatic heterocycles. The normalized spacial score (nSPS) is 11.4. The molecule has 2 heterocycles. The predicted octanol–water partition coefficient (Wildman–Crippen LogP) is 2.72. The van der Waals surface area contributed by atoms with Crippen molar-refractivity contribution < 1.29 is 0 Å². The van der Waals surface area contributed by atoms with E-state index in [1.165, 1.54) is 4.68 Å². The first-order valence-electron chi connectivity index (χ1n) is 8.09. The van der Waals surface area contributed by atoms with Gasteiger partial charge in [0.2, 0.25) is 5.43 Å². The molecule has 3 rings (SSSR count). The molecule has 0 fully saturated rings. The van der Waals surface area contributed by atoms with Crippen LogP contribution in [0.2, 0.25) is 5.02 Å². The molecule has 8 heteroatoms. The standard InChI is InChI=1S/C17H18ClN3O3S/c1-2-3-7-25-8-6-21-17(24)13-14(16(23)20-21)19-12-9-10(18)4-5-11(12)15(13)22/h4-5,9H,2-3,6-8H2,1H3,(H,19,22)(H,20,23). The zero-order valence-corrected chi connectivity index (χ0v) is 15.3. The van der Waals surface area contributed by atoms with Crippen LogP contribution in [0.5, 0.6) is 0 Å². The van der Waals surface area contributed by atoms with Crippen LogP contribution in [0.25, 0.3) is 21.8 Å². The molecular weight excluding hydrogens is 362 g/mol. The lowest BCUT2D eigenvalue weighted by atomic mass is 10.1. The Balaban J connectivity index is 2.10. The Kier molecular flexibility index (Phi) is 5.34. The lowest BCUT2D eigenvalue weighted by Crippen LogP contribution is -2.34. The van der Waals surface area contributed by atoms with Crippen LogP contribution in [0.4, 0.5) is 0 Å². The topological polar surface area (TPSA) is 87.7 Å². The lowest BCUT2D eigenvalue weighted by molar-refractivity contribution is 0.618. The van der Waals surface area contributed by atoms with Crippen molar-refractivity contribution in [3.05, 3.63) is 54.2 Å². The molecule has 0 aliphatic rings. The molecule has 6 nitrogen and oxygen atoms in total. The highest BCUT2D eigenvalue weighted by Gasteiger charge is 2.14. The van der Waals surface area contributed by atoms with Crippen LogP contribution in [0.15, 0.2) is 32.6 Å². The number of benzene rings is 1. The fourth-order valence-electron chi connectivity index (χ4n) is 2.66. The first-order chi connectivity index (χ1) is 12.0. The minimum absolute atomic E-state index is 0.0142. The number of pyridine rings is 1. The molecule has 0 saturated heterocycles. The van der Waals surface area contributed by atoms with Gasteiger partial charge in [0.05, 0.1) is 12.1 Å². The molecule has 0 unspecified atom stereocenters. The third kappa shape index (κ3) is 3.52. The van der Waals surface area contributed by atoms with Gasteiger partial charge in [-0.15, -0.1) is 0 Å². The number of hydrogen-bond acceptors (Lipinski definition) is 4. The minimum Gasteiger partial charge on any atom is -0.350 e. The Hall–Kier alpha value is -1.99. The summed E-state index contributed by atoms with van der Waals surface area (Å²) in [5.74, 6) is 1.71. The average Bonchev–Trinajstić information content (AvgIpc) is 2.58. The van der Waals surface area contributed by atoms with E-state index in [2.05, 4.69) is 17.0 Å². The van der Waals surface area contributed by atoms with Gasteiger partial charge in [-0.1, -0.05) is 24.9 Å². The number of nitrogens with zero attached hydrogens (tertiary/aromatic N) is 1. The van der Waals surface area contributed by atoms with Crippen LogP contribution < -0.4 is 16.5 Å². The number of fused-ring (bicyclic) bond motifs is 2. The molecular formula is C17H18ClN3O3S. The highest BCUT2D eigenvalue weighted by Crippen LogP contribution is 2.16. The average molecular weight is 380 g/mol. The highest BCUT2D eigenvalue weighted by molar-refractivity contribution is 7.99. The second-order valence-corrected chi connectivity index (χ2v) is 7.42. The van der Waals surface area contributed by atoms with Crippen LogP contribution in [-0.2, 0) is 6.54 Å². The maximum atomic E-state index is 12.7. The summed E-state index contributed by atoms with van der Waals surface area (Å²) in [7, 11) is 0. The third-order valence-electron chi connectivity index (χ3n) is 3.99. The van der Waals surface area contributed by atoms with Gasteiger partial charge in [-0.25, -0.2) is 4.68 Å². The van der Waals surface area contributed by atoms with Gasteiger partial charge >= 0.3 is 0 Å². The molecule has 0 aliphatic carbocycles. The number of nitrogens with one attached hydrogen (secondary N) is 2. The van der Waals surface area contributed by atoms with Crippen LogP contribution in [-0.4, -0.2) is 26.3 Å². The molecule has 1 aromatic carbocycles. The second kappa shape index (κ2) is 7.49. The van der Waals surface area contributed by atoms with Crippen molar-refractivity contribution in [3.8, 4) is 0 Å². The zero-order valence-electron chi connectivity index (χ0n) is 13.7. The SMILES string of the molecule is CCCCSCCn1[nH]c(=O)c2[nH]c3cc(Cl)ccc3c(=O)c2c1=O. The highest BCUT2D eigenvalue weighted by atomic mass is 35.5. The maximum absolute atomic E-state index is 12.7. The molecule has 25 heavy (non-hydrogen) atoms. The molecule has 132 valence electrons. The van der Waals surface area contributed by atoms with E-state index in [0.717, 1.165) is 18.6 Å². The van der Waals surface area contributed by atoms with Gasteiger partial charge in [0.15, 0.2) is 0 Å². The zero-order chi connectivity index (χ0) is 18.0. The van der Waals surface area contributed by atoms with Gasteiger partial charge in [-0.3, -0.25) is 19.5 Å². The van der Waals surface area contributed by atoms with Gasteiger partial charge in [-0.05, 0) is 30.4 Å². The molecule has 0 atom stereocenters. The Bertz CT molecular complexity index is 1100. The summed E-state index contributed by atoms with van der Waals surface area (Å²) in [4.78, 5) is 40.6. The summed E-state index contributed by atoms with van der Waals surface area (Å²) < 4.78 is 1.22. The number of unbranched alkanes of at least 4 members (excludes halogenated alkanes) is 1. The molecule has 0 saturated carbocycles. The van der Waals surface area contributed by atoms with Crippen molar-refractivity contribution in [1.29, 1.82) is 0 Å². The van der Waals surface area contributed by atoms with Crippen molar-refractivity contribution in [2.75, 3.05) is 11.5 Å². The number of H-pyrrole nitrogens is 2. The van der Waals surface area contributed by atoms with Gasteiger partial charge in [0.1, 0.15) is 10.9 Å². The van der Waals surface area contributed by atoms with Crippen molar-refractivity contribution in [1.82, 2.24) is 14.8 Å². The number of aromatic amines is 2. The Labute approximate surface area is 152 Å². The van der Waals surface area contributed by atoms with Crippen molar-refractivity contribution in [3.63, 3.8) is 0 Å². The number of hydrogen-bond donors (Lipinski definition) is 2. The summed E-state index contributed by atoms with van der Waals surface area (Å²) in [6.07, 6.45) is 2.23. The number of aromatic nitrogens is 3. The molecule has 2 aromatic heterocycles. The molecule has 3 aromatic rings. The fraction of sp³-hybridized carbons (Fsp3) is 0.353. The summed E-state index contributed by atoms with van der Waals surface area (Å²) in [6, 6.07) is 4.70. The molecule has 2 N–H and O–H groups in total. The largest absolute Gasteiger partial charge is 0.350 e. The summed E-state index contributed by atoms with van der Waals surface area (Å²) in [5, 5.41) is 3.21. The third-order valence-corrected chi connectivity index (χ3v) is 5.27. The number of halogens is 1. The Morgan fingerprint density at radius 2 is 2.00 bits per heavy atom. The summed E-state index contributed by atoms with van der Waals surface area (Å²) in [5.41, 5.74) is -1.01. The first-order valence-corrected chi connectivity index (χ1v) is 9.62. The predicted molar refractivity (Wildman–Crippen MR) is 104 cm³/mol. The molecule has 0 spiro atoms. The minimum atomic E-state index is -0.493. The van der Waals surface area contributed by atoms with E-state index in [9.17, 15) is 14.4 Å². The van der Waals surface area contributed by atoms with Crippen LogP contribution in [0, 0.1) is 0 Å². The summed E-state index contributed by atoms with van der Waals surface area (Å²) >= 11 is 7.65. The van der Waals surface area contributed by atoms with E-state index >= 15 is 0 Å². The van der Waals surface area contributed by atoms with E-state index in [0.29, 0.717) is 28.2 Å². The van der Waals surface area contributed by atoms with Crippen molar-refractivity contribution in [2.45, 2.75) is 26.3 Å².